The number of rotatable bonds is 5. The number of fused-ring (bicyclic) bond motifs is 2. The molecule has 10 nitrogen and oxygen atoms in total. The summed E-state index contributed by atoms with van der Waals surface area (Å²) in [6.45, 7) is 0.407. The van der Waals surface area contributed by atoms with Gasteiger partial charge in [0.1, 0.15) is 6.04 Å². The fourth-order valence-electron chi connectivity index (χ4n) is 3.77. The molecule has 1 aromatic rings. The second kappa shape index (κ2) is 7.90. The summed E-state index contributed by atoms with van der Waals surface area (Å²) in [5, 5.41) is 14.0. The van der Waals surface area contributed by atoms with E-state index < -0.39 is 35.8 Å². The molecule has 4 rings (SSSR count). The number of carbonyl (C=O) groups excluding carboxylic acids is 3. The molecule has 3 aliphatic rings. The van der Waals surface area contributed by atoms with Gasteiger partial charge in [-0.25, -0.2) is 9.80 Å². The standard InChI is InChI=1S/C19H19N3O7S/c23-16-8-11(18(25)22-12(19(26)27)2-1-5-21(16)22)20-17(24)15(30)7-10-3-4-13-14(6-10)29-9-28-13/h3-4,6,11-12H,1-2,5,7-9H2,(H,20,24)(H,26,27)/t11?,12-/m0/s1. The number of amides is 3. The number of thiocarbonyl (C=S) groups is 1. The van der Waals surface area contributed by atoms with Gasteiger partial charge in [-0.2, -0.15) is 0 Å². The number of nitrogens with one attached hydrogen (secondary N) is 1. The monoisotopic (exact) mass is 433 g/mol. The van der Waals surface area contributed by atoms with Crippen LogP contribution in [0.5, 0.6) is 11.5 Å². The van der Waals surface area contributed by atoms with Crippen LogP contribution in [0.2, 0.25) is 0 Å². The van der Waals surface area contributed by atoms with E-state index in [0.717, 1.165) is 15.6 Å². The highest BCUT2D eigenvalue weighted by Crippen LogP contribution is 2.32. The topological polar surface area (TPSA) is 125 Å². The predicted molar refractivity (Wildman–Crippen MR) is 105 cm³/mol. The van der Waals surface area contributed by atoms with Crippen molar-refractivity contribution >= 4 is 40.8 Å². The van der Waals surface area contributed by atoms with Crippen LogP contribution in [0.25, 0.3) is 0 Å². The van der Waals surface area contributed by atoms with Gasteiger partial charge < -0.3 is 19.9 Å². The Bertz CT molecular complexity index is 944. The SMILES string of the molecule is O=C(NC1CC(=O)N2CCC[C@@H](C(=O)O)N2C1=O)C(=S)Cc1ccc2c(c1)OCO2. The highest BCUT2D eigenvalue weighted by Gasteiger charge is 2.47. The molecular formula is C19H19N3O7S. The second-order valence-corrected chi connectivity index (χ2v) is 7.71. The van der Waals surface area contributed by atoms with Gasteiger partial charge in [0.05, 0.1) is 11.3 Å². The highest BCUT2D eigenvalue weighted by molar-refractivity contribution is 7.82. The second-order valence-electron chi connectivity index (χ2n) is 7.21. The molecule has 2 fully saturated rings. The predicted octanol–water partition coefficient (Wildman–Crippen LogP) is 0.0354. The average molecular weight is 433 g/mol. The summed E-state index contributed by atoms with van der Waals surface area (Å²) in [5.41, 5.74) is 0.735. The van der Waals surface area contributed by atoms with Crippen LogP contribution in [0.15, 0.2) is 18.2 Å². The van der Waals surface area contributed by atoms with Crippen LogP contribution in [0.4, 0.5) is 0 Å². The van der Waals surface area contributed by atoms with Gasteiger partial charge in [0.25, 0.3) is 11.8 Å². The molecule has 2 atom stereocenters. The maximum Gasteiger partial charge on any atom is 0.328 e. The molecule has 3 heterocycles. The lowest BCUT2D eigenvalue weighted by molar-refractivity contribution is -0.190. The largest absolute Gasteiger partial charge is 0.480 e. The number of carboxylic acid groups (broad SMARTS) is 1. The zero-order valence-electron chi connectivity index (χ0n) is 15.8. The summed E-state index contributed by atoms with van der Waals surface area (Å²) in [6, 6.07) is 2.91. The van der Waals surface area contributed by atoms with Gasteiger partial charge in [0, 0.05) is 13.0 Å². The number of hydrazine groups is 1. The van der Waals surface area contributed by atoms with Crippen molar-refractivity contribution in [3.63, 3.8) is 0 Å². The van der Waals surface area contributed by atoms with Crippen molar-refractivity contribution in [1.29, 1.82) is 0 Å². The number of ether oxygens (including phenoxy) is 2. The molecule has 3 aliphatic heterocycles. The maximum atomic E-state index is 12.8. The lowest BCUT2D eigenvalue weighted by atomic mass is 10.0. The smallest absolute Gasteiger partial charge is 0.328 e. The van der Waals surface area contributed by atoms with Crippen LogP contribution in [0.1, 0.15) is 24.8 Å². The van der Waals surface area contributed by atoms with Crippen molar-refractivity contribution in [2.45, 2.75) is 37.8 Å². The molecule has 30 heavy (non-hydrogen) atoms. The Balaban J connectivity index is 1.43. The quantitative estimate of drug-likeness (QED) is 0.624. The number of hydrogen-bond donors (Lipinski definition) is 2. The van der Waals surface area contributed by atoms with Crippen LogP contribution in [-0.2, 0) is 25.6 Å². The first-order valence-corrected chi connectivity index (χ1v) is 9.84. The third kappa shape index (κ3) is 3.67. The van der Waals surface area contributed by atoms with Gasteiger partial charge in [-0.3, -0.25) is 19.4 Å². The Hall–Kier alpha value is -3.21. The summed E-state index contributed by atoms with van der Waals surface area (Å²) >= 11 is 5.20. The van der Waals surface area contributed by atoms with E-state index in [1.54, 1.807) is 18.2 Å². The molecule has 2 saturated heterocycles. The molecule has 0 bridgehead atoms. The van der Waals surface area contributed by atoms with Crippen LogP contribution in [-0.4, -0.2) is 69.1 Å². The van der Waals surface area contributed by atoms with E-state index in [4.69, 9.17) is 21.7 Å². The van der Waals surface area contributed by atoms with Crippen molar-refractivity contribution in [2.24, 2.45) is 0 Å². The van der Waals surface area contributed by atoms with Gasteiger partial charge in [0.15, 0.2) is 17.5 Å². The molecule has 0 saturated carbocycles. The third-order valence-corrected chi connectivity index (χ3v) is 5.57. The number of nitrogens with zero attached hydrogens (tertiary/aromatic N) is 2. The Morgan fingerprint density at radius 1 is 1.23 bits per heavy atom. The Labute approximate surface area is 176 Å². The van der Waals surface area contributed by atoms with Crippen LogP contribution >= 0.6 is 12.2 Å². The van der Waals surface area contributed by atoms with E-state index >= 15 is 0 Å². The summed E-state index contributed by atoms with van der Waals surface area (Å²) in [5.74, 6) is -1.70. The first-order chi connectivity index (χ1) is 14.3. The fraction of sp³-hybridized carbons (Fsp3) is 0.421. The molecule has 11 heteroatoms. The number of benzene rings is 1. The fourth-order valence-corrected chi connectivity index (χ4v) is 4.00. The Morgan fingerprint density at radius 2 is 2.00 bits per heavy atom. The van der Waals surface area contributed by atoms with Crippen molar-refractivity contribution in [2.75, 3.05) is 13.3 Å². The van der Waals surface area contributed by atoms with Crippen molar-refractivity contribution < 1.29 is 33.8 Å². The lowest BCUT2D eigenvalue weighted by Crippen LogP contribution is -2.68. The van der Waals surface area contributed by atoms with Gasteiger partial charge in [-0.05, 0) is 30.5 Å². The van der Waals surface area contributed by atoms with Gasteiger partial charge in [0.2, 0.25) is 12.7 Å². The Kier molecular flexibility index (Phi) is 5.29. The Morgan fingerprint density at radius 3 is 2.77 bits per heavy atom. The van der Waals surface area contributed by atoms with E-state index in [1.165, 1.54) is 0 Å². The molecule has 1 unspecified atom stereocenters. The van der Waals surface area contributed by atoms with Gasteiger partial charge in [-0.15, -0.1) is 0 Å². The summed E-state index contributed by atoms with van der Waals surface area (Å²) in [4.78, 5) is 49.4. The minimum atomic E-state index is -1.19. The first-order valence-electron chi connectivity index (χ1n) is 9.43. The van der Waals surface area contributed by atoms with E-state index in [0.29, 0.717) is 17.9 Å². The van der Waals surface area contributed by atoms with Gasteiger partial charge >= 0.3 is 5.97 Å². The summed E-state index contributed by atoms with van der Waals surface area (Å²) in [6.07, 6.45) is 0.636. The first kappa shape index (κ1) is 20.1. The van der Waals surface area contributed by atoms with Gasteiger partial charge in [-0.1, -0.05) is 18.3 Å². The lowest BCUT2D eigenvalue weighted by Gasteiger charge is -2.46. The van der Waals surface area contributed by atoms with Crippen molar-refractivity contribution in [3.05, 3.63) is 23.8 Å². The molecule has 0 aromatic heterocycles. The van der Waals surface area contributed by atoms with Crippen LogP contribution in [0.3, 0.4) is 0 Å². The zero-order chi connectivity index (χ0) is 21.4. The average Bonchev–Trinajstić information content (AvgIpc) is 3.19. The molecule has 3 amide bonds. The van der Waals surface area contributed by atoms with Crippen LogP contribution < -0.4 is 14.8 Å². The molecule has 158 valence electrons. The number of aliphatic carboxylic acids is 1. The molecule has 0 spiro atoms. The number of carbonyl (C=O) groups is 4. The minimum Gasteiger partial charge on any atom is -0.480 e. The highest BCUT2D eigenvalue weighted by atomic mass is 32.1. The van der Waals surface area contributed by atoms with E-state index in [1.807, 2.05) is 0 Å². The van der Waals surface area contributed by atoms with Crippen molar-refractivity contribution in [1.82, 2.24) is 15.3 Å². The molecule has 0 aliphatic carbocycles. The summed E-state index contributed by atoms with van der Waals surface area (Å²) in [7, 11) is 0. The maximum absolute atomic E-state index is 12.8. The van der Waals surface area contributed by atoms with Crippen LogP contribution in [0, 0.1) is 0 Å². The number of hydrogen-bond acceptors (Lipinski definition) is 7. The third-order valence-electron chi connectivity index (χ3n) is 5.24. The van der Waals surface area contributed by atoms with Crippen molar-refractivity contribution in [3.8, 4) is 11.5 Å². The minimum absolute atomic E-state index is 0.0324. The normalized spacial score (nSPS) is 22.5. The summed E-state index contributed by atoms with van der Waals surface area (Å²) < 4.78 is 10.5. The molecule has 1 aromatic carbocycles. The van der Waals surface area contributed by atoms with E-state index in [9.17, 15) is 24.3 Å². The molecular weight excluding hydrogens is 414 g/mol. The number of carboxylic acids is 1. The van der Waals surface area contributed by atoms with E-state index in [2.05, 4.69) is 5.32 Å². The van der Waals surface area contributed by atoms with E-state index in [-0.39, 0.29) is 37.5 Å². The zero-order valence-corrected chi connectivity index (χ0v) is 16.6. The molecule has 0 radical (unpaired) electrons. The molecule has 2 N–H and O–H groups in total.